The molecule has 1 aliphatic heterocycles. The summed E-state index contributed by atoms with van der Waals surface area (Å²) in [4.78, 5) is 16.3. The van der Waals surface area contributed by atoms with E-state index < -0.39 is 0 Å². The number of aryl methyl sites for hydroxylation is 1. The van der Waals surface area contributed by atoms with Crippen molar-refractivity contribution in [1.29, 1.82) is 0 Å². The van der Waals surface area contributed by atoms with Crippen molar-refractivity contribution in [1.82, 2.24) is 25.2 Å². The molecule has 0 bridgehead atoms. The predicted molar refractivity (Wildman–Crippen MR) is 86.2 cm³/mol. The number of urea groups is 1. The van der Waals surface area contributed by atoms with Crippen molar-refractivity contribution >= 4 is 11.8 Å². The van der Waals surface area contributed by atoms with E-state index in [0.29, 0.717) is 18.1 Å². The van der Waals surface area contributed by atoms with Gasteiger partial charge in [-0.3, -0.25) is 5.32 Å². The van der Waals surface area contributed by atoms with Crippen LogP contribution in [0.3, 0.4) is 0 Å². The van der Waals surface area contributed by atoms with Gasteiger partial charge in [-0.05, 0) is 6.42 Å². The highest BCUT2D eigenvalue weighted by Crippen LogP contribution is 2.21. The Hall–Kier alpha value is -3.16. The molecule has 3 aromatic rings. The van der Waals surface area contributed by atoms with Crippen molar-refractivity contribution < 1.29 is 9.32 Å². The smallest absolute Gasteiger partial charge is 0.320 e. The second-order valence-electron chi connectivity index (χ2n) is 5.63. The van der Waals surface area contributed by atoms with E-state index in [4.69, 9.17) is 4.52 Å². The highest BCUT2D eigenvalue weighted by molar-refractivity contribution is 5.88. The fourth-order valence-electron chi connectivity index (χ4n) is 2.77. The predicted octanol–water partition coefficient (Wildman–Crippen LogP) is 2.07. The van der Waals surface area contributed by atoms with Gasteiger partial charge in [0.05, 0.1) is 12.6 Å². The number of nitrogens with zero attached hydrogens (tertiary/aromatic N) is 4. The number of hydrogen-bond acceptors (Lipinski definition) is 5. The molecule has 1 aromatic carbocycles. The molecule has 1 aliphatic rings. The quantitative estimate of drug-likeness (QED) is 0.768. The molecule has 2 aromatic heterocycles. The SMILES string of the molecule is O=C(Nc1cc(-c2ccccc2)on1)NC1CCc2ncnn2C1. The molecule has 8 nitrogen and oxygen atoms in total. The van der Waals surface area contributed by atoms with Crippen LogP contribution in [0, 0.1) is 0 Å². The Morgan fingerprint density at radius 1 is 1.29 bits per heavy atom. The van der Waals surface area contributed by atoms with E-state index in [-0.39, 0.29) is 12.1 Å². The Bertz CT molecular complexity index is 841. The molecule has 0 saturated heterocycles. The van der Waals surface area contributed by atoms with Gasteiger partial charge in [0.15, 0.2) is 11.6 Å². The zero-order valence-electron chi connectivity index (χ0n) is 12.8. The number of hydrogen-bond donors (Lipinski definition) is 2. The molecule has 2 amide bonds. The lowest BCUT2D eigenvalue weighted by atomic mass is 10.1. The van der Waals surface area contributed by atoms with Crippen LogP contribution in [0.5, 0.6) is 0 Å². The molecule has 1 unspecified atom stereocenters. The lowest BCUT2D eigenvalue weighted by molar-refractivity contribution is 0.243. The highest BCUT2D eigenvalue weighted by Gasteiger charge is 2.21. The third-order valence-corrected chi connectivity index (χ3v) is 3.95. The number of benzene rings is 1. The molecular weight excluding hydrogens is 308 g/mol. The lowest BCUT2D eigenvalue weighted by Gasteiger charge is -2.23. The summed E-state index contributed by atoms with van der Waals surface area (Å²) in [7, 11) is 0. The maximum Gasteiger partial charge on any atom is 0.320 e. The summed E-state index contributed by atoms with van der Waals surface area (Å²) in [5.74, 6) is 1.94. The number of carbonyl (C=O) groups excluding carboxylic acids is 1. The number of amides is 2. The number of anilines is 1. The van der Waals surface area contributed by atoms with Gasteiger partial charge in [-0.1, -0.05) is 35.5 Å². The van der Waals surface area contributed by atoms with Crippen LogP contribution in [-0.4, -0.2) is 32.0 Å². The molecule has 4 rings (SSSR count). The molecule has 1 atom stereocenters. The molecule has 0 spiro atoms. The highest BCUT2D eigenvalue weighted by atomic mass is 16.5. The molecule has 122 valence electrons. The van der Waals surface area contributed by atoms with Crippen molar-refractivity contribution in [2.24, 2.45) is 0 Å². The van der Waals surface area contributed by atoms with E-state index in [2.05, 4.69) is 25.9 Å². The van der Waals surface area contributed by atoms with Crippen molar-refractivity contribution in [2.75, 3.05) is 5.32 Å². The third kappa shape index (κ3) is 2.98. The molecule has 24 heavy (non-hydrogen) atoms. The van der Waals surface area contributed by atoms with Crippen molar-refractivity contribution in [2.45, 2.75) is 25.4 Å². The lowest BCUT2D eigenvalue weighted by Crippen LogP contribution is -2.43. The zero-order chi connectivity index (χ0) is 16.4. The molecule has 0 aliphatic carbocycles. The van der Waals surface area contributed by atoms with Crippen LogP contribution in [-0.2, 0) is 13.0 Å². The van der Waals surface area contributed by atoms with Gasteiger partial charge >= 0.3 is 6.03 Å². The van der Waals surface area contributed by atoms with Gasteiger partial charge in [-0.2, -0.15) is 5.10 Å². The van der Waals surface area contributed by atoms with Crippen LogP contribution in [0.15, 0.2) is 47.2 Å². The largest absolute Gasteiger partial charge is 0.354 e. The third-order valence-electron chi connectivity index (χ3n) is 3.95. The van der Waals surface area contributed by atoms with Crippen LogP contribution in [0.2, 0.25) is 0 Å². The van der Waals surface area contributed by atoms with E-state index in [1.165, 1.54) is 6.33 Å². The van der Waals surface area contributed by atoms with Crippen LogP contribution >= 0.6 is 0 Å². The minimum Gasteiger partial charge on any atom is -0.354 e. The maximum atomic E-state index is 12.1. The van der Waals surface area contributed by atoms with Gasteiger partial charge in [-0.25, -0.2) is 14.5 Å². The van der Waals surface area contributed by atoms with Gasteiger partial charge in [0.1, 0.15) is 12.2 Å². The second-order valence-corrected chi connectivity index (χ2v) is 5.63. The minimum atomic E-state index is -0.309. The van der Waals surface area contributed by atoms with Gasteiger partial charge in [0, 0.05) is 18.1 Å². The first kappa shape index (κ1) is 14.4. The fraction of sp³-hybridized carbons (Fsp3) is 0.250. The van der Waals surface area contributed by atoms with E-state index in [1.807, 2.05) is 35.0 Å². The average Bonchev–Trinajstić information content (AvgIpc) is 3.24. The zero-order valence-corrected chi connectivity index (χ0v) is 12.8. The first-order chi connectivity index (χ1) is 11.8. The molecule has 0 saturated carbocycles. The maximum absolute atomic E-state index is 12.1. The molecular formula is C16H16N6O2. The van der Waals surface area contributed by atoms with Crippen LogP contribution in [0.4, 0.5) is 10.6 Å². The van der Waals surface area contributed by atoms with Crippen molar-refractivity contribution in [3.05, 3.63) is 48.5 Å². The Morgan fingerprint density at radius 3 is 3.04 bits per heavy atom. The van der Waals surface area contributed by atoms with Crippen molar-refractivity contribution in [3.8, 4) is 11.3 Å². The average molecular weight is 324 g/mol. The van der Waals surface area contributed by atoms with E-state index >= 15 is 0 Å². The number of fused-ring (bicyclic) bond motifs is 1. The first-order valence-corrected chi connectivity index (χ1v) is 7.74. The molecule has 0 fully saturated rings. The number of aromatic nitrogens is 4. The number of nitrogens with one attached hydrogen (secondary N) is 2. The summed E-state index contributed by atoms with van der Waals surface area (Å²) in [6.45, 7) is 0.622. The fourth-order valence-corrected chi connectivity index (χ4v) is 2.77. The second kappa shape index (κ2) is 6.15. The summed E-state index contributed by atoms with van der Waals surface area (Å²) >= 11 is 0. The molecule has 8 heteroatoms. The Kier molecular flexibility index (Phi) is 3.70. The van der Waals surface area contributed by atoms with E-state index in [1.54, 1.807) is 6.07 Å². The molecule has 0 radical (unpaired) electrons. The Balaban J connectivity index is 1.36. The minimum absolute atomic E-state index is 0.0136. The summed E-state index contributed by atoms with van der Waals surface area (Å²) in [6.07, 6.45) is 3.17. The van der Waals surface area contributed by atoms with Gasteiger partial charge < -0.3 is 9.84 Å². The summed E-state index contributed by atoms with van der Waals surface area (Å²) in [6, 6.07) is 11.0. The van der Waals surface area contributed by atoms with Crippen molar-refractivity contribution in [3.63, 3.8) is 0 Å². The van der Waals surface area contributed by atoms with Gasteiger partial charge in [-0.15, -0.1) is 0 Å². The van der Waals surface area contributed by atoms with Crippen LogP contribution < -0.4 is 10.6 Å². The summed E-state index contributed by atoms with van der Waals surface area (Å²) in [5, 5.41) is 13.6. The van der Waals surface area contributed by atoms with E-state index in [0.717, 1.165) is 24.2 Å². The monoisotopic (exact) mass is 324 g/mol. The molecule has 2 N–H and O–H groups in total. The number of carbonyl (C=O) groups is 1. The summed E-state index contributed by atoms with van der Waals surface area (Å²) in [5.41, 5.74) is 0.907. The summed E-state index contributed by atoms with van der Waals surface area (Å²) < 4.78 is 7.08. The Morgan fingerprint density at radius 2 is 2.17 bits per heavy atom. The van der Waals surface area contributed by atoms with E-state index in [9.17, 15) is 4.79 Å². The standard InChI is InChI=1S/C16H16N6O2/c23-16(19-12-6-7-15-17-10-18-22(15)9-12)20-14-8-13(24-21-14)11-4-2-1-3-5-11/h1-5,8,10,12H,6-7,9H2,(H2,19,20,21,23). The normalized spacial score (nSPS) is 16.4. The van der Waals surface area contributed by atoms with Crippen LogP contribution in [0.25, 0.3) is 11.3 Å². The Labute approximate surface area is 137 Å². The number of rotatable bonds is 3. The van der Waals surface area contributed by atoms with Gasteiger partial charge in [0.2, 0.25) is 0 Å². The van der Waals surface area contributed by atoms with Crippen LogP contribution in [0.1, 0.15) is 12.2 Å². The molecule has 3 heterocycles. The van der Waals surface area contributed by atoms with Gasteiger partial charge in [0.25, 0.3) is 0 Å². The first-order valence-electron chi connectivity index (χ1n) is 7.74. The topological polar surface area (TPSA) is 97.9 Å².